The molecule has 2 N–H and O–H groups in total. The van der Waals surface area contributed by atoms with Crippen molar-refractivity contribution < 1.29 is 9.32 Å². The van der Waals surface area contributed by atoms with E-state index in [9.17, 15) is 4.79 Å². The third-order valence-electron chi connectivity index (χ3n) is 2.93. The number of carbonyl (C=O) groups is 1. The highest BCUT2D eigenvalue weighted by molar-refractivity contribution is 5.88. The zero-order valence-electron chi connectivity index (χ0n) is 10.9. The van der Waals surface area contributed by atoms with Crippen LogP contribution < -0.4 is 5.32 Å². The molecular weight excluding hydrogens is 258 g/mol. The van der Waals surface area contributed by atoms with E-state index in [1.54, 1.807) is 19.3 Å². The molecule has 0 saturated heterocycles. The van der Waals surface area contributed by atoms with Crippen molar-refractivity contribution in [3.8, 4) is 0 Å². The van der Waals surface area contributed by atoms with Gasteiger partial charge in [-0.3, -0.25) is 9.78 Å². The number of pyridine rings is 1. The third-order valence-corrected chi connectivity index (χ3v) is 2.93. The normalized spacial score (nSPS) is 10.8. The average molecular weight is 271 g/mol. The van der Waals surface area contributed by atoms with E-state index in [1.165, 1.54) is 0 Å². The lowest BCUT2D eigenvalue weighted by atomic mass is 10.1. The Morgan fingerprint density at radius 3 is 3.20 bits per heavy atom. The zero-order chi connectivity index (χ0) is 13.9. The Hall–Kier alpha value is -2.70. The van der Waals surface area contributed by atoms with Crippen LogP contribution in [-0.2, 0) is 17.8 Å². The van der Waals surface area contributed by atoms with Crippen LogP contribution in [0.3, 0.4) is 0 Å². The van der Waals surface area contributed by atoms with Crippen molar-refractivity contribution in [3.05, 3.63) is 41.9 Å². The Balaban J connectivity index is 1.64. The largest absolute Gasteiger partial charge is 0.360 e. The lowest BCUT2D eigenvalue weighted by Crippen LogP contribution is -2.24. The molecule has 0 saturated carbocycles. The van der Waals surface area contributed by atoms with Gasteiger partial charge in [0, 0.05) is 17.8 Å². The molecule has 0 atom stereocenters. The van der Waals surface area contributed by atoms with Crippen LogP contribution in [0.1, 0.15) is 17.3 Å². The molecule has 1 amide bonds. The number of fused-ring (bicyclic) bond motifs is 1. The number of carbonyl (C=O) groups excluding carboxylic acids is 1. The van der Waals surface area contributed by atoms with Gasteiger partial charge in [0.05, 0.1) is 24.7 Å². The summed E-state index contributed by atoms with van der Waals surface area (Å²) >= 11 is 0. The monoisotopic (exact) mass is 271 g/mol. The standard InChI is InChI=1S/C13H13N5O2/c1-8-17-13(20-18-8)7-16-12(19)4-9-5-15-11-6-14-3-2-10(9)11/h2-3,5-6,15H,4,7H2,1H3,(H,16,19). The number of nitrogens with zero attached hydrogens (tertiary/aromatic N) is 3. The van der Waals surface area contributed by atoms with Crippen molar-refractivity contribution >= 4 is 16.8 Å². The van der Waals surface area contributed by atoms with E-state index >= 15 is 0 Å². The van der Waals surface area contributed by atoms with Crippen molar-refractivity contribution in [2.45, 2.75) is 19.9 Å². The lowest BCUT2D eigenvalue weighted by Gasteiger charge is -2.01. The van der Waals surface area contributed by atoms with E-state index in [4.69, 9.17) is 4.52 Å². The van der Waals surface area contributed by atoms with Crippen LogP contribution in [0.4, 0.5) is 0 Å². The Labute approximate surface area is 114 Å². The highest BCUT2D eigenvalue weighted by Crippen LogP contribution is 2.16. The van der Waals surface area contributed by atoms with Crippen LogP contribution in [0, 0.1) is 6.92 Å². The van der Waals surface area contributed by atoms with Gasteiger partial charge in [0.1, 0.15) is 0 Å². The summed E-state index contributed by atoms with van der Waals surface area (Å²) in [5.41, 5.74) is 1.85. The summed E-state index contributed by atoms with van der Waals surface area (Å²) in [5.74, 6) is 0.857. The number of H-pyrrole nitrogens is 1. The van der Waals surface area contributed by atoms with Crippen LogP contribution in [0.15, 0.2) is 29.2 Å². The molecule has 0 aliphatic heterocycles. The molecule has 20 heavy (non-hydrogen) atoms. The van der Waals surface area contributed by atoms with Gasteiger partial charge in [0.2, 0.25) is 11.8 Å². The Morgan fingerprint density at radius 1 is 1.50 bits per heavy atom. The van der Waals surface area contributed by atoms with Gasteiger partial charge in [-0.1, -0.05) is 5.16 Å². The smallest absolute Gasteiger partial charge is 0.246 e. The van der Waals surface area contributed by atoms with Gasteiger partial charge in [0.25, 0.3) is 0 Å². The quantitative estimate of drug-likeness (QED) is 0.741. The van der Waals surface area contributed by atoms with Crippen LogP contribution in [0.25, 0.3) is 10.9 Å². The van der Waals surface area contributed by atoms with Crippen LogP contribution in [-0.4, -0.2) is 26.0 Å². The minimum absolute atomic E-state index is 0.0986. The highest BCUT2D eigenvalue weighted by atomic mass is 16.5. The number of rotatable bonds is 4. The zero-order valence-corrected chi connectivity index (χ0v) is 10.9. The minimum atomic E-state index is -0.0986. The molecule has 0 aliphatic carbocycles. The van der Waals surface area contributed by atoms with E-state index in [1.807, 2.05) is 12.3 Å². The maximum absolute atomic E-state index is 11.9. The molecule has 0 spiro atoms. The molecule has 0 fully saturated rings. The van der Waals surface area contributed by atoms with Crippen molar-refractivity contribution in [1.29, 1.82) is 0 Å². The second-order valence-electron chi connectivity index (χ2n) is 4.42. The predicted octanol–water partition coefficient (Wildman–Crippen LogP) is 1.11. The summed E-state index contributed by atoms with van der Waals surface area (Å²) in [7, 11) is 0. The number of aryl methyl sites for hydroxylation is 1. The molecule has 0 unspecified atom stereocenters. The summed E-state index contributed by atoms with van der Waals surface area (Å²) in [4.78, 5) is 23.0. The SMILES string of the molecule is Cc1noc(CNC(=O)Cc2c[nH]c3cnccc23)n1. The van der Waals surface area contributed by atoms with E-state index in [0.29, 0.717) is 11.7 Å². The van der Waals surface area contributed by atoms with Gasteiger partial charge >= 0.3 is 0 Å². The molecule has 102 valence electrons. The third kappa shape index (κ3) is 2.51. The maximum atomic E-state index is 11.9. The second kappa shape index (κ2) is 5.12. The van der Waals surface area contributed by atoms with Crippen molar-refractivity contribution in [2.75, 3.05) is 0 Å². The Morgan fingerprint density at radius 2 is 2.40 bits per heavy atom. The predicted molar refractivity (Wildman–Crippen MR) is 70.7 cm³/mol. The molecule has 3 heterocycles. The van der Waals surface area contributed by atoms with E-state index in [0.717, 1.165) is 16.5 Å². The molecule has 0 aromatic carbocycles. The van der Waals surface area contributed by atoms with Crippen LogP contribution >= 0.6 is 0 Å². The Kier molecular flexibility index (Phi) is 3.16. The van der Waals surface area contributed by atoms with Gasteiger partial charge in [-0.15, -0.1) is 0 Å². The van der Waals surface area contributed by atoms with Crippen LogP contribution in [0.2, 0.25) is 0 Å². The first-order valence-electron chi connectivity index (χ1n) is 6.18. The number of aromatic amines is 1. The summed E-state index contributed by atoms with van der Waals surface area (Å²) in [6.07, 6.45) is 5.55. The van der Waals surface area contributed by atoms with Gasteiger partial charge in [-0.2, -0.15) is 4.98 Å². The van der Waals surface area contributed by atoms with Crippen molar-refractivity contribution in [2.24, 2.45) is 0 Å². The van der Waals surface area contributed by atoms with E-state index in [2.05, 4.69) is 25.4 Å². The van der Waals surface area contributed by atoms with Gasteiger partial charge in [-0.25, -0.2) is 0 Å². The van der Waals surface area contributed by atoms with Crippen molar-refractivity contribution in [3.63, 3.8) is 0 Å². The second-order valence-corrected chi connectivity index (χ2v) is 4.42. The summed E-state index contributed by atoms with van der Waals surface area (Å²) in [5, 5.41) is 7.42. The summed E-state index contributed by atoms with van der Waals surface area (Å²) in [6, 6.07) is 1.88. The van der Waals surface area contributed by atoms with Gasteiger partial charge < -0.3 is 14.8 Å². The topological polar surface area (TPSA) is 96.7 Å². The van der Waals surface area contributed by atoms with Crippen molar-refractivity contribution in [1.82, 2.24) is 25.4 Å². The average Bonchev–Trinajstić information content (AvgIpc) is 3.04. The van der Waals surface area contributed by atoms with E-state index < -0.39 is 0 Å². The van der Waals surface area contributed by atoms with Gasteiger partial charge in [0.15, 0.2) is 5.82 Å². The fraction of sp³-hybridized carbons (Fsp3) is 0.231. The molecule has 0 radical (unpaired) electrons. The number of aromatic nitrogens is 4. The molecule has 0 bridgehead atoms. The molecule has 7 nitrogen and oxygen atoms in total. The lowest BCUT2D eigenvalue weighted by molar-refractivity contribution is -0.120. The summed E-state index contributed by atoms with van der Waals surface area (Å²) < 4.78 is 4.93. The molecular formula is C13H13N5O2. The number of hydrogen-bond donors (Lipinski definition) is 2. The van der Waals surface area contributed by atoms with Gasteiger partial charge in [-0.05, 0) is 18.6 Å². The maximum Gasteiger partial charge on any atom is 0.246 e. The molecule has 3 aromatic rings. The molecule has 7 heteroatoms. The first kappa shape index (κ1) is 12.3. The fourth-order valence-electron chi connectivity index (χ4n) is 2.00. The first-order chi connectivity index (χ1) is 9.72. The molecule has 0 aliphatic rings. The molecule has 3 rings (SSSR count). The summed E-state index contributed by atoms with van der Waals surface area (Å²) in [6.45, 7) is 1.97. The molecule has 3 aromatic heterocycles. The Bertz CT molecular complexity index is 746. The van der Waals surface area contributed by atoms with Crippen LogP contribution in [0.5, 0.6) is 0 Å². The fourth-order valence-corrected chi connectivity index (χ4v) is 2.00. The minimum Gasteiger partial charge on any atom is -0.360 e. The van der Waals surface area contributed by atoms with E-state index in [-0.39, 0.29) is 18.9 Å². The number of nitrogens with one attached hydrogen (secondary N) is 2. The first-order valence-corrected chi connectivity index (χ1v) is 6.18. The number of amides is 1. The highest BCUT2D eigenvalue weighted by Gasteiger charge is 2.10. The number of hydrogen-bond acceptors (Lipinski definition) is 5.